The molecule has 122 valence electrons. The molecule has 0 spiro atoms. The summed E-state index contributed by atoms with van der Waals surface area (Å²) in [5, 5.41) is 3.48. The maximum Gasteiger partial charge on any atom is 0.311 e. The van der Waals surface area contributed by atoms with Crippen LogP contribution in [0.3, 0.4) is 0 Å². The number of carbonyl (C=O) groups excluding carboxylic acids is 2. The second-order valence-corrected chi connectivity index (χ2v) is 5.69. The van der Waals surface area contributed by atoms with Gasteiger partial charge in [-0.05, 0) is 36.8 Å². The maximum atomic E-state index is 11.9. The number of carbonyl (C=O) groups is 2. The van der Waals surface area contributed by atoms with Crippen LogP contribution in [0.25, 0.3) is 0 Å². The van der Waals surface area contributed by atoms with Crippen molar-refractivity contribution in [3.8, 4) is 0 Å². The van der Waals surface area contributed by atoms with Gasteiger partial charge in [0.15, 0.2) is 6.10 Å². The number of esters is 1. The van der Waals surface area contributed by atoms with Gasteiger partial charge in [0.25, 0.3) is 5.91 Å². The van der Waals surface area contributed by atoms with Crippen molar-refractivity contribution in [1.29, 1.82) is 0 Å². The molecule has 23 heavy (non-hydrogen) atoms. The van der Waals surface area contributed by atoms with Crippen LogP contribution in [-0.2, 0) is 27.3 Å². The summed E-state index contributed by atoms with van der Waals surface area (Å²) in [6.45, 7) is 1.73. The van der Waals surface area contributed by atoms with Gasteiger partial charge in [-0.2, -0.15) is 0 Å². The molecule has 0 fully saturated rings. The third-order valence-electron chi connectivity index (χ3n) is 3.04. The van der Waals surface area contributed by atoms with Gasteiger partial charge in [0.05, 0.1) is 19.2 Å². The molecule has 0 aliphatic rings. The average Bonchev–Trinajstić information content (AvgIpc) is 3.01. The summed E-state index contributed by atoms with van der Waals surface area (Å²) in [5.74, 6) is -0.336. The van der Waals surface area contributed by atoms with E-state index in [9.17, 15) is 9.59 Å². The lowest BCUT2D eigenvalue weighted by atomic mass is 10.1. The molecule has 1 aromatic carbocycles. The lowest BCUT2D eigenvalue weighted by molar-refractivity contribution is -0.154. The summed E-state index contributed by atoms with van der Waals surface area (Å²) in [6.07, 6.45) is 0.565. The summed E-state index contributed by atoms with van der Waals surface area (Å²) >= 11 is 11.8. The summed E-state index contributed by atoms with van der Waals surface area (Å²) < 4.78 is 10.2. The minimum atomic E-state index is -0.913. The van der Waals surface area contributed by atoms with Crippen molar-refractivity contribution in [3.05, 3.63) is 58.0 Å². The fraction of sp³-hybridized carbons (Fsp3) is 0.250. The van der Waals surface area contributed by atoms with Crippen molar-refractivity contribution in [1.82, 2.24) is 5.32 Å². The van der Waals surface area contributed by atoms with E-state index in [1.165, 1.54) is 13.2 Å². The zero-order valence-electron chi connectivity index (χ0n) is 12.3. The minimum Gasteiger partial charge on any atom is -0.467 e. The molecule has 5 nitrogen and oxygen atoms in total. The highest BCUT2D eigenvalue weighted by atomic mass is 35.5. The summed E-state index contributed by atoms with van der Waals surface area (Å²) in [6, 6.07) is 8.29. The van der Waals surface area contributed by atoms with Crippen LogP contribution in [0.5, 0.6) is 0 Å². The van der Waals surface area contributed by atoms with E-state index < -0.39 is 18.0 Å². The van der Waals surface area contributed by atoms with Gasteiger partial charge < -0.3 is 14.5 Å². The molecule has 0 radical (unpaired) electrons. The van der Waals surface area contributed by atoms with E-state index in [2.05, 4.69) is 5.32 Å². The number of amides is 1. The Morgan fingerprint density at radius 2 is 2.09 bits per heavy atom. The number of furan rings is 1. The molecular formula is C16H15Cl2NO4. The third kappa shape index (κ3) is 5.30. The molecule has 0 unspecified atom stereocenters. The first-order valence-corrected chi connectivity index (χ1v) is 7.65. The van der Waals surface area contributed by atoms with Gasteiger partial charge >= 0.3 is 5.97 Å². The van der Waals surface area contributed by atoms with Crippen LogP contribution in [0.4, 0.5) is 0 Å². The maximum absolute atomic E-state index is 11.9. The van der Waals surface area contributed by atoms with Crippen LogP contribution in [0.1, 0.15) is 18.2 Å². The fourth-order valence-electron chi connectivity index (χ4n) is 1.84. The van der Waals surface area contributed by atoms with E-state index in [4.69, 9.17) is 32.4 Å². The minimum absolute atomic E-state index is 0.0359. The third-order valence-corrected chi connectivity index (χ3v) is 3.63. The normalized spacial score (nSPS) is 11.8. The monoisotopic (exact) mass is 355 g/mol. The van der Waals surface area contributed by atoms with Gasteiger partial charge in [-0.25, -0.2) is 0 Å². The summed E-state index contributed by atoms with van der Waals surface area (Å²) in [7, 11) is 0. The lowest BCUT2D eigenvalue weighted by Crippen LogP contribution is -2.35. The van der Waals surface area contributed by atoms with Crippen LogP contribution in [-0.4, -0.2) is 18.0 Å². The lowest BCUT2D eigenvalue weighted by Gasteiger charge is -2.13. The Morgan fingerprint density at radius 1 is 1.30 bits per heavy atom. The molecule has 0 bridgehead atoms. The zero-order valence-corrected chi connectivity index (χ0v) is 13.9. The predicted octanol–water partition coefficient (Wildman–Crippen LogP) is 3.38. The fourth-order valence-corrected chi connectivity index (χ4v) is 2.32. The number of benzene rings is 1. The number of halogens is 2. The molecule has 1 atom stereocenters. The molecule has 1 N–H and O–H groups in total. The van der Waals surface area contributed by atoms with Gasteiger partial charge in [0, 0.05) is 10.0 Å². The molecule has 1 heterocycles. The molecule has 0 aliphatic heterocycles. The van der Waals surface area contributed by atoms with Gasteiger partial charge in [-0.3, -0.25) is 9.59 Å². The topological polar surface area (TPSA) is 68.5 Å². The van der Waals surface area contributed by atoms with Crippen molar-refractivity contribution in [2.75, 3.05) is 0 Å². The highest BCUT2D eigenvalue weighted by Crippen LogP contribution is 2.21. The quantitative estimate of drug-likeness (QED) is 0.806. The molecule has 2 aromatic rings. The molecule has 1 amide bonds. The van der Waals surface area contributed by atoms with Gasteiger partial charge in [-0.1, -0.05) is 29.3 Å². The standard InChI is InChI=1S/C16H15Cl2NO4/c1-10(16(21)19-9-13-3-2-6-22-13)23-15(20)7-11-4-5-12(17)8-14(11)18/h2-6,8,10H,7,9H2,1H3,(H,19,21)/t10-/m0/s1. The number of rotatable bonds is 6. The molecular weight excluding hydrogens is 341 g/mol. The Hall–Kier alpha value is -1.98. The SMILES string of the molecule is C[C@H](OC(=O)Cc1ccc(Cl)cc1Cl)C(=O)NCc1ccco1. The van der Waals surface area contributed by atoms with Crippen LogP contribution in [0, 0.1) is 0 Å². The van der Waals surface area contributed by atoms with Gasteiger partial charge in [0.2, 0.25) is 0 Å². The molecule has 2 rings (SSSR count). The first-order chi connectivity index (χ1) is 11.0. The Labute approximate surface area is 143 Å². The Kier molecular flexibility index (Phi) is 6.07. The number of ether oxygens (including phenoxy) is 1. The zero-order chi connectivity index (χ0) is 16.8. The number of hydrogen-bond acceptors (Lipinski definition) is 4. The van der Waals surface area contributed by atoms with Crippen LogP contribution >= 0.6 is 23.2 Å². The average molecular weight is 356 g/mol. The van der Waals surface area contributed by atoms with Crippen molar-refractivity contribution in [2.45, 2.75) is 26.0 Å². The number of hydrogen-bond donors (Lipinski definition) is 1. The van der Waals surface area contributed by atoms with E-state index in [0.29, 0.717) is 21.4 Å². The second-order valence-electron chi connectivity index (χ2n) is 4.84. The Morgan fingerprint density at radius 3 is 2.74 bits per heavy atom. The summed E-state index contributed by atoms with van der Waals surface area (Å²) in [4.78, 5) is 23.7. The van der Waals surface area contributed by atoms with Crippen LogP contribution < -0.4 is 5.32 Å². The molecule has 1 aromatic heterocycles. The van der Waals surface area contributed by atoms with Crippen molar-refractivity contribution in [2.24, 2.45) is 0 Å². The first-order valence-electron chi connectivity index (χ1n) is 6.89. The van der Waals surface area contributed by atoms with Crippen molar-refractivity contribution >= 4 is 35.1 Å². The van der Waals surface area contributed by atoms with E-state index in [-0.39, 0.29) is 13.0 Å². The predicted molar refractivity (Wildman–Crippen MR) is 86.3 cm³/mol. The van der Waals surface area contributed by atoms with E-state index >= 15 is 0 Å². The largest absolute Gasteiger partial charge is 0.467 e. The number of nitrogens with one attached hydrogen (secondary N) is 1. The van der Waals surface area contributed by atoms with Crippen LogP contribution in [0.2, 0.25) is 10.0 Å². The molecule has 0 saturated heterocycles. The van der Waals surface area contributed by atoms with E-state index in [0.717, 1.165) is 0 Å². The Balaban J connectivity index is 1.82. The highest BCUT2D eigenvalue weighted by molar-refractivity contribution is 6.35. The van der Waals surface area contributed by atoms with Gasteiger partial charge in [-0.15, -0.1) is 0 Å². The highest BCUT2D eigenvalue weighted by Gasteiger charge is 2.18. The molecule has 0 aliphatic carbocycles. The van der Waals surface area contributed by atoms with E-state index in [1.807, 2.05) is 0 Å². The smallest absolute Gasteiger partial charge is 0.311 e. The van der Waals surface area contributed by atoms with Crippen molar-refractivity contribution in [3.63, 3.8) is 0 Å². The van der Waals surface area contributed by atoms with E-state index in [1.54, 1.807) is 30.3 Å². The molecule has 0 saturated carbocycles. The Bertz CT molecular complexity index is 685. The van der Waals surface area contributed by atoms with Crippen molar-refractivity contribution < 1.29 is 18.7 Å². The van der Waals surface area contributed by atoms with Crippen LogP contribution in [0.15, 0.2) is 41.0 Å². The first kappa shape index (κ1) is 17.4. The summed E-state index contributed by atoms with van der Waals surface area (Å²) in [5.41, 5.74) is 0.587. The second kappa shape index (κ2) is 8.04. The molecule has 7 heteroatoms. The van der Waals surface area contributed by atoms with Gasteiger partial charge in [0.1, 0.15) is 5.76 Å².